The van der Waals surface area contributed by atoms with E-state index in [2.05, 4.69) is 126 Å². The van der Waals surface area contributed by atoms with Crippen LogP contribution in [0.5, 0.6) is 0 Å². The zero-order valence-corrected chi connectivity index (χ0v) is 18.6. The van der Waals surface area contributed by atoms with Crippen LogP contribution < -0.4 is 15.9 Å². The molecular weight excluding hydrogens is 431 g/mol. The van der Waals surface area contributed by atoms with Crippen molar-refractivity contribution in [2.24, 2.45) is 0 Å². The van der Waals surface area contributed by atoms with E-state index in [1.807, 2.05) is 11.3 Å². The molecule has 136 valence electrons. The Morgan fingerprint density at radius 1 is 0.630 bits per heavy atom. The van der Waals surface area contributed by atoms with Crippen molar-refractivity contribution in [1.82, 2.24) is 0 Å². The Labute approximate surface area is 173 Å². The standard InChI is InChI=1S/C24H22BrPS/c1-20-17-18-24(27-20)19-26(25,21-11-5-2-6-12-21,22-13-7-3-8-14-22)23-15-9-4-10-16-23/h2-18H,19H2,1H3. The van der Waals surface area contributed by atoms with Gasteiger partial charge in [0.25, 0.3) is 0 Å². The van der Waals surface area contributed by atoms with E-state index in [-0.39, 0.29) is 0 Å². The average Bonchev–Trinajstić information content (AvgIpc) is 3.14. The molecule has 0 N–H and O–H groups in total. The molecule has 3 aromatic carbocycles. The summed E-state index contributed by atoms with van der Waals surface area (Å²) in [7, 11) is 0. The zero-order chi connectivity index (χ0) is 18.8. The van der Waals surface area contributed by atoms with Gasteiger partial charge in [0, 0.05) is 0 Å². The number of rotatable bonds is 5. The fourth-order valence-corrected chi connectivity index (χ4v) is 13.5. The summed E-state index contributed by atoms with van der Waals surface area (Å²) in [6.07, 6.45) is 0.974. The minimum absolute atomic E-state index is 0.974. The van der Waals surface area contributed by atoms with Gasteiger partial charge in [0.05, 0.1) is 0 Å². The van der Waals surface area contributed by atoms with Crippen LogP contribution in [0.2, 0.25) is 0 Å². The Hall–Kier alpha value is -1.73. The first-order chi connectivity index (χ1) is 13.1. The summed E-state index contributed by atoms with van der Waals surface area (Å²) in [5.74, 6) is 0. The fourth-order valence-electron chi connectivity index (χ4n) is 3.80. The molecule has 0 unspecified atom stereocenters. The van der Waals surface area contributed by atoms with Gasteiger partial charge in [-0.05, 0) is 0 Å². The van der Waals surface area contributed by atoms with Crippen molar-refractivity contribution in [2.45, 2.75) is 13.1 Å². The molecule has 0 radical (unpaired) electrons. The maximum absolute atomic E-state index is 4.50. The Balaban J connectivity index is 2.09. The third-order valence-electron chi connectivity index (χ3n) is 5.13. The van der Waals surface area contributed by atoms with Crippen LogP contribution in [0.1, 0.15) is 9.75 Å². The van der Waals surface area contributed by atoms with E-state index in [9.17, 15) is 0 Å². The van der Waals surface area contributed by atoms with Crippen LogP contribution in [0.4, 0.5) is 0 Å². The maximum atomic E-state index is 4.50. The first-order valence-corrected chi connectivity index (χ1v) is 14.3. The summed E-state index contributed by atoms with van der Waals surface area (Å²) < 4.78 is 0. The van der Waals surface area contributed by atoms with Gasteiger partial charge in [-0.2, -0.15) is 0 Å². The summed E-state index contributed by atoms with van der Waals surface area (Å²) in [6, 6.07) is 37.5. The molecule has 1 heterocycles. The van der Waals surface area contributed by atoms with E-state index in [0.29, 0.717) is 0 Å². The van der Waals surface area contributed by atoms with Crippen molar-refractivity contribution >= 4 is 48.0 Å². The molecule has 0 saturated carbocycles. The Kier molecular flexibility index (Phi) is 5.07. The molecule has 0 spiro atoms. The van der Waals surface area contributed by atoms with Gasteiger partial charge in [-0.15, -0.1) is 0 Å². The second-order valence-corrected chi connectivity index (χ2v) is 17.2. The fraction of sp³-hybridized carbons (Fsp3) is 0.0833. The minimum atomic E-state index is -2.84. The van der Waals surface area contributed by atoms with Crippen LogP contribution in [0.25, 0.3) is 0 Å². The van der Waals surface area contributed by atoms with Crippen LogP contribution in [-0.2, 0) is 6.16 Å². The van der Waals surface area contributed by atoms with Gasteiger partial charge >= 0.3 is 174 Å². The quantitative estimate of drug-likeness (QED) is 0.307. The summed E-state index contributed by atoms with van der Waals surface area (Å²) in [5, 5.41) is 1.26. The predicted molar refractivity (Wildman–Crippen MR) is 127 cm³/mol. The molecule has 0 bridgehead atoms. The molecule has 0 atom stereocenters. The van der Waals surface area contributed by atoms with Gasteiger partial charge in [-0.1, -0.05) is 0 Å². The number of halogens is 1. The number of benzene rings is 3. The predicted octanol–water partition coefficient (Wildman–Crippen LogP) is 6.40. The van der Waals surface area contributed by atoms with Gasteiger partial charge in [0.1, 0.15) is 0 Å². The molecule has 0 saturated heterocycles. The van der Waals surface area contributed by atoms with Crippen molar-refractivity contribution in [1.29, 1.82) is 0 Å². The van der Waals surface area contributed by atoms with Crippen LogP contribution in [0, 0.1) is 6.92 Å². The van der Waals surface area contributed by atoms with Crippen molar-refractivity contribution in [3.05, 3.63) is 113 Å². The molecule has 0 nitrogen and oxygen atoms in total. The first-order valence-electron chi connectivity index (χ1n) is 9.06. The van der Waals surface area contributed by atoms with E-state index in [1.54, 1.807) is 0 Å². The van der Waals surface area contributed by atoms with Crippen molar-refractivity contribution in [3.63, 3.8) is 0 Å². The van der Waals surface area contributed by atoms with Crippen LogP contribution >= 0.6 is 32.1 Å². The Morgan fingerprint density at radius 3 is 1.37 bits per heavy atom. The van der Waals surface area contributed by atoms with E-state index >= 15 is 0 Å². The van der Waals surface area contributed by atoms with E-state index < -0.39 is 5.31 Å². The van der Waals surface area contributed by atoms with Crippen LogP contribution in [0.3, 0.4) is 0 Å². The monoisotopic (exact) mass is 452 g/mol. The molecule has 27 heavy (non-hydrogen) atoms. The third-order valence-corrected chi connectivity index (χ3v) is 15.8. The van der Waals surface area contributed by atoms with E-state index in [1.165, 1.54) is 25.7 Å². The number of aryl methyl sites for hydroxylation is 1. The van der Waals surface area contributed by atoms with Gasteiger partial charge in [-0.3, -0.25) is 0 Å². The summed E-state index contributed by atoms with van der Waals surface area (Å²) >= 11 is 6.40. The Bertz CT molecular complexity index is 926. The van der Waals surface area contributed by atoms with Crippen molar-refractivity contribution in [2.75, 3.05) is 0 Å². The van der Waals surface area contributed by atoms with Gasteiger partial charge in [0.15, 0.2) is 0 Å². The summed E-state index contributed by atoms with van der Waals surface area (Å²) in [4.78, 5) is 2.77. The molecule has 3 heteroatoms. The molecule has 0 aliphatic rings. The number of hydrogen-bond donors (Lipinski definition) is 0. The van der Waals surface area contributed by atoms with E-state index in [4.69, 9.17) is 0 Å². The molecule has 0 amide bonds. The second-order valence-electron chi connectivity index (χ2n) is 6.86. The number of hydrogen-bond acceptors (Lipinski definition) is 1. The normalized spacial score (nSPS) is 13.0. The topological polar surface area (TPSA) is 0 Å². The zero-order valence-electron chi connectivity index (χ0n) is 15.3. The molecule has 1 aromatic heterocycles. The van der Waals surface area contributed by atoms with E-state index in [0.717, 1.165) is 6.16 Å². The molecule has 4 aromatic rings. The molecule has 4 rings (SSSR count). The average molecular weight is 453 g/mol. The van der Waals surface area contributed by atoms with Crippen LogP contribution in [-0.4, -0.2) is 0 Å². The van der Waals surface area contributed by atoms with Crippen molar-refractivity contribution in [3.8, 4) is 0 Å². The van der Waals surface area contributed by atoms with Crippen LogP contribution in [0.15, 0.2) is 103 Å². The molecular formula is C24H22BrPS. The van der Waals surface area contributed by atoms with Gasteiger partial charge in [-0.25, -0.2) is 0 Å². The Morgan fingerprint density at radius 2 is 1.04 bits per heavy atom. The molecule has 0 aliphatic heterocycles. The number of thiophene rings is 1. The second kappa shape index (κ2) is 7.36. The van der Waals surface area contributed by atoms with Crippen molar-refractivity contribution < 1.29 is 0 Å². The SMILES string of the molecule is Cc1ccc(CP(Br)(c2ccccc2)(c2ccccc2)c2ccccc2)s1. The molecule has 0 aliphatic carbocycles. The molecule has 0 fully saturated rings. The van der Waals surface area contributed by atoms with Gasteiger partial charge < -0.3 is 0 Å². The third kappa shape index (κ3) is 3.21. The van der Waals surface area contributed by atoms with Gasteiger partial charge in [0.2, 0.25) is 0 Å². The first kappa shape index (κ1) is 18.6. The summed E-state index contributed by atoms with van der Waals surface area (Å²) in [5.41, 5.74) is 0. The summed E-state index contributed by atoms with van der Waals surface area (Å²) in [6.45, 7) is 2.19.